The molecule has 0 spiro atoms. The highest BCUT2D eigenvalue weighted by molar-refractivity contribution is 5.79. The topological polar surface area (TPSA) is 50.2 Å². The predicted octanol–water partition coefficient (Wildman–Crippen LogP) is 2.24. The highest BCUT2D eigenvalue weighted by Gasteiger charge is 2.36. The van der Waals surface area contributed by atoms with Gasteiger partial charge in [0.25, 0.3) is 0 Å². The molecule has 1 saturated heterocycles. The first-order valence-corrected chi connectivity index (χ1v) is 8.87. The molecule has 2 atom stereocenters. The minimum atomic E-state index is 0.179. The average Bonchev–Trinajstić information content (AvgIpc) is 3.17. The van der Waals surface area contributed by atoms with Crippen LogP contribution in [0.5, 0.6) is 0 Å². The molecule has 1 aromatic rings. The molecule has 1 aliphatic heterocycles. The Morgan fingerprint density at radius 3 is 2.77 bits per heavy atom. The fraction of sp³-hybridized carbons (Fsp3) is 0.765. The van der Waals surface area contributed by atoms with Crippen LogP contribution in [-0.2, 0) is 11.3 Å². The van der Waals surface area contributed by atoms with Gasteiger partial charge < -0.3 is 5.32 Å². The molecule has 0 unspecified atom stereocenters. The minimum Gasteiger partial charge on any atom is -0.351 e. The highest BCUT2D eigenvalue weighted by atomic mass is 16.2. The Hall–Kier alpha value is -1.36. The van der Waals surface area contributed by atoms with Crippen molar-refractivity contribution >= 4 is 5.91 Å². The standard InChI is InChI=1S/C17H26N4O/c22-17-12-20(16-8-4-3-7-15(16)18-17)11-13-9-10-21(19-13)14-5-1-2-6-14/h9-10,14-16H,1-8,11-12H2,(H,18,22)/t15-,16+/m1/s1. The lowest BCUT2D eigenvalue weighted by Gasteiger charge is -2.43. The lowest BCUT2D eigenvalue weighted by atomic mass is 9.87. The normalized spacial score (nSPS) is 30.3. The van der Waals surface area contributed by atoms with Crippen LogP contribution in [0, 0.1) is 0 Å². The van der Waals surface area contributed by atoms with Crippen molar-refractivity contribution in [1.82, 2.24) is 20.0 Å². The molecule has 1 N–H and O–H groups in total. The molecule has 2 aliphatic carbocycles. The summed E-state index contributed by atoms with van der Waals surface area (Å²) >= 11 is 0. The van der Waals surface area contributed by atoms with Crippen LogP contribution in [0.15, 0.2) is 12.3 Å². The Morgan fingerprint density at radius 2 is 1.91 bits per heavy atom. The second-order valence-corrected chi connectivity index (χ2v) is 7.16. The van der Waals surface area contributed by atoms with Crippen molar-refractivity contribution in [2.24, 2.45) is 0 Å². The number of amides is 1. The molecule has 2 heterocycles. The van der Waals surface area contributed by atoms with Crippen molar-refractivity contribution in [3.63, 3.8) is 0 Å². The molecule has 3 aliphatic rings. The van der Waals surface area contributed by atoms with Gasteiger partial charge in [0.05, 0.1) is 18.3 Å². The molecule has 5 heteroatoms. The van der Waals surface area contributed by atoms with Gasteiger partial charge in [-0.25, -0.2) is 0 Å². The first kappa shape index (κ1) is 14.2. The third kappa shape index (κ3) is 2.78. The molecule has 4 rings (SSSR count). The Balaban J connectivity index is 1.45. The quantitative estimate of drug-likeness (QED) is 0.931. The van der Waals surface area contributed by atoms with Gasteiger partial charge in [0.1, 0.15) is 0 Å². The van der Waals surface area contributed by atoms with Gasteiger partial charge in [-0.3, -0.25) is 14.4 Å². The smallest absolute Gasteiger partial charge is 0.234 e. The molecule has 1 amide bonds. The van der Waals surface area contributed by atoms with E-state index in [9.17, 15) is 4.79 Å². The molecule has 5 nitrogen and oxygen atoms in total. The van der Waals surface area contributed by atoms with Gasteiger partial charge in [-0.1, -0.05) is 25.7 Å². The Bertz CT molecular complexity index is 535. The van der Waals surface area contributed by atoms with Crippen LogP contribution in [0.4, 0.5) is 0 Å². The van der Waals surface area contributed by atoms with Crippen LogP contribution in [0.3, 0.4) is 0 Å². The summed E-state index contributed by atoms with van der Waals surface area (Å²) in [5, 5.41) is 7.97. The monoisotopic (exact) mass is 302 g/mol. The number of carbonyl (C=O) groups excluding carboxylic acids is 1. The van der Waals surface area contributed by atoms with Gasteiger partial charge in [0.15, 0.2) is 0 Å². The van der Waals surface area contributed by atoms with E-state index >= 15 is 0 Å². The summed E-state index contributed by atoms with van der Waals surface area (Å²) in [6, 6.07) is 3.60. The number of rotatable bonds is 3. The second kappa shape index (κ2) is 6.03. The summed E-state index contributed by atoms with van der Waals surface area (Å²) < 4.78 is 2.16. The maximum Gasteiger partial charge on any atom is 0.234 e. The number of piperazine rings is 1. The Kier molecular flexibility index (Phi) is 3.90. The first-order valence-electron chi connectivity index (χ1n) is 8.87. The fourth-order valence-corrected chi connectivity index (χ4v) is 4.49. The number of hydrogen-bond donors (Lipinski definition) is 1. The van der Waals surface area contributed by atoms with Crippen LogP contribution in [-0.4, -0.2) is 39.2 Å². The zero-order valence-corrected chi connectivity index (χ0v) is 13.2. The zero-order chi connectivity index (χ0) is 14.9. The number of fused-ring (bicyclic) bond motifs is 1. The third-order valence-corrected chi connectivity index (χ3v) is 5.62. The molecule has 0 bridgehead atoms. The lowest BCUT2D eigenvalue weighted by Crippen LogP contribution is -2.61. The van der Waals surface area contributed by atoms with Gasteiger partial charge in [-0.2, -0.15) is 5.10 Å². The fourth-order valence-electron chi connectivity index (χ4n) is 4.49. The number of aromatic nitrogens is 2. The predicted molar refractivity (Wildman–Crippen MR) is 84.3 cm³/mol. The summed E-state index contributed by atoms with van der Waals surface area (Å²) in [6.07, 6.45) is 12.2. The van der Waals surface area contributed by atoms with Gasteiger partial charge in [-0.15, -0.1) is 0 Å². The van der Waals surface area contributed by atoms with Crippen molar-refractivity contribution in [3.05, 3.63) is 18.0 Å². The van der Waals surface area contributed by atoms with Crippen molar-refractivity contribution in [2.75, 3.05) is 6.54 Å². The van der Waals surface area contributed by atoms with Crippen molar-refractivity contribution < 1.29 is 4.79 Å². The summed E-state index contributed by atoms with van der Waals surface area (Å²) in [7, 11) is 0. The first-order chi connectivity index (χ1) is 10.8. The summed E-state index contributed by atoms with van der Waals surface area (Å²) in [6.45, 7) is 1.34. The maximum absolute atomic E-state index is 12.0. The molecule has 3 fully saturated rings. The summed E-state index contributed by atoms with van der Waals surface area (Å²) in [5.74, 6) is 0.179. The van der Waals surface area contributed by atoms with Gasteiger partial charge >= 0.3 is 0 Å². The Morgan fingerprint density at radius 1 is 1.14 bits per heavy atom. The van der Waals surface area contributed by atoms with Crippen molar-refractivity contribution in [1.29, 1.82) is 0 Å². The van der Waals surface area contributed by atoms with Crippen molar-refractivity contribution in [3.8, 4) is 0 Å². The largest absolute Gasteiger partial charge is 0.351 e. The second-order valence-electron chi connectivity index (χ2n) is 7.16. The number of carbonyl (C=O) groups is 1. The molecule has 0 radical (unpaired) electrons. The highest BCUT2D eigenvalue weighted by Crippen LogP contribution is 2.30. The molecular weight excluding hydrogens is 276 g/mol. The van der Waals surface area contributed by atoms with E-state index in [1.165, 1.54) is 44.9 Å². The average molecular weight is 302 g/mol. The van der Waals surface area contributed by atoms with E-state index in [1.54, 1.807) is 0 Å². The van der Waals surface area contributed by atoms with E-state index in [1.807, 2.05) is 0 Å². The SMILES string of the molecule is O=C1CN(Cc2ccn(C3CCCC3)n2)[C@H]2CCCC[C@H]2N1. The van der Waals surface area contributed by atoms with E-state index in [0.717, 1.165) is 18.7 Å². The summed E-state index contributed by atoms with van der Waals surface area (Å²) in [4.78, 5) is 14.3. The summed E-state index contributed by atoms with van der Waals surface area (Å²) in [5.41, 5.74) is 1.12. The van der Waals surface area contributed by atoms with Gasteiger partial charge in [0.2, 0.25) is 5.91 Å². The molecule has 2 saturated carbocycles. The maximum atomic E-state index is 12.0. The van der Waals surface area contributed by atoms with Crippen LogP contribution in [0.25, 0.3) is 0 Å². The third-order valence-electron chi connectivity index (χ3n) is 5.62. The lowest BCUT2D eigenvalue weighted by molar-refractivity contribution is -0.128. The van der Waals surface area contributed by atoms with Gasteiger partial charge in [0, 0.05) is 24.8 Å². The Labute approximate surface area is 132 Å². The van der Waals surface area contributed by atoms with E-state index in [-0.39, 0.29) is 5.91 Å². The van der Waals surface area contributed by atoms with Gasteiger partial charge in [-0.05, 0) is 31.7 Å². The van der Waals surface area contributed by atoms with E-state index < -0.39 is 0 Å². The van der Waals surface area contributed by atoms with E-state index in [4.69, 9.17) is 5.10 Å². The van der Waals surface area contributed by atoms with Crippen molar-refractivity contribution in [2.45, 2.75) is 76.0 Å². The van der Waals surface area contributed by atoms with Crippen LogP contribution >= 0.6 is 0 Å². The molecule has 1 aromatic heterocycles. The molecule has 0 aromatic carbocycles. The van der Waals surface area contributed by atoms with Crippen LogP contribution in [0.1, 0.15) is 63.1 Å². The number of nitrogens with one attached hydrogen (secondary N) is 1. The molecule has 120 valence electrons. The number of hydrogen-bond acceptors (Lipinski definition) is 3. The zero-order valence-electron chi connectivity index (χ0n) is 13.2. The van der Waals surface area contributed by atoms with Crippen LogP contribution < -0.4 is 5.32 Å². The van der Waals surface area contributed by atoms with E-state index in [0.29, 0.717) is 24.7 Å². The van der Waals surface area contributed by atoms with E-state index in [2.05, 4.69) is 27.2 Å². The molecule has 22 heavy (non-hydrogen) atoms. The minimum absolute atomic E-state index is 0.179. The van der Waals surface area contributed by atoms with Crippen LogP contribution in [0.2, 0.25) is 0 Å². The number of nitrogens with zero attached hydrogens (tertiary/aromatic N) is 3. The molecular formula is C17H26N4O.